The molecule has 3 rings (SSSR count). The number of anilines is 1. The summed E-state index contributed by atoms with van der Waals surface area (Å²) >= 11 is 6.03. The molecular formula is C23H20ClF3N2O2. The molecule has 8 heteroatoms. The number of amides is 1. The van der Waals surface area contributed by atoms with Crippen LogP contribution in [0.1, 0.15) is 22.7 Å². The van der Waals surface area contributed by atoms with Crippen LogP contribution in [0.3, 0.4) is 0 Å². The molecular weight excluding hydrogens is 429 g/mol. The van der Waals surface area contributed by atoms with E-state index in [1.807, 2.05) is 24.3 Å². The maximum Gasteiger partial charge on any atom is 0.416 e. The summed E-state index contributed by atoms with van der Waals surface area (Å²) in [5.74, 6) is 0.145. The molecule has 0 aliphatic rings. The van der Waals surface area contributed by atoms with E-state index in [0.29, 0.717) is 17.9 Å². The van der Waals surface area contributed by atoms with E-state index in [4.69, 9.17) is 16.3 Å². The highest BCUT2D eigenvalue weighted by molar-refractivity contribution is 6.33. The van der Waals surface area contributed by atoms with E-state index < -0.39 is 23.7 Å². The minimum Gasteiger partial charge on any atom is -0.497 e. The molecule has 31 heavy (non-hydrogen) atoms. The molecule has 0 bridgehead atoms. The second-order valence-corrected chi connectivity index (χ2v) is 7.16. The minimum atomic E-state index is -4.55. The monoisotopic (exact) mass is 448 g/mol. The van der Waals surface area contributed by atoms with Gasteiger partial charge < -0.3 is 10.1 Å². The van der Waals surface area contributed by atoms with Crippen LogP contribution in [-0.4, -0.2) is 13.0 Å². The molecule has 2 N–H and O–H groups in total. The van der Waals surface area contributed by atoms with Gasteiger partial charge >= 0.3 is 6.18 Å². The van der Waals surface area contributed by atoms with E-state index in [1.165, 1.54) is 0 Å². The molecule has 1 atom stereocenters. The van der Waals surface area contributed by atoms with Crippen molar-refractivity contribution in [1.82, 2.24) is 5.32 Å². The first kappa shape index (κ1) is 22.7. The van der Waals surface area contributed by atoms with Gasteiger partial charge in [0.25, 0.3) is 0 Å². The van der Waals surface area contributed by atoms with Gasteiger partial charge in [0.05, 0.1) is 23.4 Å². The molecule has 0 unspecified atom stereocenters. The Morgan fingerprint density at radius 3 is 2.45 bits per heavy atom. The third-order valence-corrected chi connectivity index (χ3v) is 4.92. The van der Waals surface area contributed by atoms with Gasteiger partial charge in [-0.2, -0.15) is 13.2 Å². The second-order valence-electron chi connectivity index (χ2n) is 6.76. The molecule has 0 saturated heterocycles. The Balaban J connectivity index is 1.83. The Morgan fingerprint density at radius 1 is 1.03 bits per heavy atom. The van der Waals surface area contributed by atoms with E-state index in [-0.39, 0.29) is 10.7 Å². The van der Waals surface area contributed by atoms with Gasteiger partial charge in [-0.05, 0) is 41.5 Å². The zero-order valence-corrected chi connectivity index (χ0v) is 17.3. The van der Waals surface area contributed by atoms with Crippen molar-refractivity contribution >= 4 is 23.2 Å². The van der Waals surface area contributed by atoms with Crippen molar-refractivity contribution in [2.75, 3.05) is 12.4 Å². The van der Waals surface area contributed by atoms with Gasteiger partial charge in [-0.25, -0.2) is 0 Å². The lowest BCUT2D eigenvalue weighted by atomic mass is 10.0. The van der Waals surface area contributed by atoms with Crippen LogP contribution in [0.25, 0.3) is 0 Å². The first-order chi connectivity index (χ1) is 14.8. The number of hydrogen-bond donors (Lipinski definition) is 2. The fraction of sp³-hybridized carbons (Fsp3) is 0.174. The van der Waals surface area contributed by atoms with Crippen LogP contribution in [0.4, 0.5) is 18.9 Å². The summed E-state index contributed by atoms with van der Waals surface area (Å²) in [5.41, 5.74) is 0.537. The van der Waals surface area contributed by atoms with E-state index in [2.05, 4.69) is 10.6 Å². The number of carbonyl (C=O) groups excluding carboxylic acids is 1. The predicted octanol–water partition coefficient (Wildman–Crippen LogP) is 5.84. The van der Waals surface area contributed by atoms with Crippen molar-refractivity contribution in [1.29, 1.82) is 0 Å². The van der Waals surface area contributed by atoms with Gasteiger partial charge in [0, 0.05) is 6.54 Å². The molecule has 162 valence electrons. The Kier molecular flexibility index (Phi) is 7.20. The minimum absolute atomic E-state index is 0.0148. The van der Waals surface area contributed by atoms with E-state index in [1.54, 1.807) is 37.4 Å². The summed E-state index contributed by atoms with van der Waals surface area (Å²) in [4.78, 5) is 13.0. The number of nitrogens with one attached hydrogen (secondary N) is 2. The molecule has 0 aliphatic heterocycles. The molecule has 0 heterocycles. The molecule has 4 nitrogen and oxygen atoms in total. The van der Waals surface area contributed by atoms with Crippen LogP contribution < -0.4 is 15.4 Å². The summed E-state index contributed by atoms with van der Waals surface area (Å²) in [5, 5.41) is 5.69. The van der Waals surface area contributed by atoms with E-state index in [0.717, 1.165) is 23.8 Å². The van der Waals surface area contributed by atoms with Crippen molar-refractivity contribution in [2.24, 2.45) is 0 Å². The number of ether oxygens (including phenoxy) is 1. The largest absolute Gasteiger partial charge is 0.497 e. The number of methoxy groups -OCH3 is 1. The molecule has 0 fully saturated rings. The van der Waals surface area contributed by atoms with Crippen molar-refractivity contribution < 1.29 is 22.7 Å². The van der Waals surface area contributed by atoms with Gasteiger partial charge in [-0.1, -0.05) is 54.1 Å². The normalized spacial score (nSPS) is 12.3. The molecule has 0 spiro atoms. The van der Waals surface area contributed by atoms with Gasteiger partial charge in [0.1, 0.15) is 11.8 Å². The maximum atomic E-state index is 13.1. The van der Waals surface area contributed by atoms with Crippen LogP contribution in [0.5, 0.6) is 5.75 Å². The fourth-order valence-corrected chi connectivity index (χ4v) is 3.18. The average Bonchev–Trinajstić information content (AvgIpc) is 2.75. The second kappa shape index (κ2) is 9.85. The number of benzene rings is 3. The summed E-state index contributed by atoms with van der Waals surface area (Å²) in [7, 11) is 1.56. The van der Waals surface area contributed by atoms with Gasteiger partial charge in [-0.3, -0.25) is 10.1 Å². The zero-order valence-electron chi connectivity index (χ0n) is 16.5. The van der Waals surface area contributed by atoms with Crippen molar-refractivity contribution in [3.63, 3.8) is 0 Å². The number of carbonyl (C=O) groups is 1. The quantitative estimate of drug-likeness (QED) is 0.477. The molecule has 3 aromatic rings. The highest BCUT2D eigenvalue weighted by Gasteiger charge is 2.31. The lowest BCUT2D eigenvalue weighted by Gasteiger charge is -2.20. The molecule has 0 aliphatic carbocycles. The van der Waals surface area contributed by atoms with Crippen LogP contribution in [0.15, 0.2) is 72.8 Å². The Bertz CT molecular complexity index is 1040. The average molecular weight is 449 g/mol. The Morgan fingerprint density at radius 2 is 1.77 bits per heavy atom. The predicted molar refractivity (Wildman–Crippen MR) is 114 cm³/mol. The first-order valence-corrected chi connectivity index (χ1v) is 9.74. The molecule has 0 saturated carbocycles. The summed E-state index contributed by atoms with van der Waals surface area (Å²) in [6, 6.07) is 18.2. The Labute approximate surface area is 183 Å². The number of hydrogen-bond acceptors (Lipinski definition) is 3. The van der Waals surface area contributed by atoms with E-state index >= 15 is 0 Å². The summed E-state index contributed by atoms with van der Waals surface area (Å²) in [6.07, 6.45) is -4.55. The number of halogens is 4. The molecule has 1 amide bonds. The Hall–Kier alpha value is -3.03. The third kappa shape index (κ3) is 5.99. The highest BCUT2D eigenvalue weighted by atomic mass is 35.5. The van der Waals surface area contributed by atoms with Crippen molar-refractivity contribution in [3.8, 4) is 5.75 Å². The van der Waals surface area contributed by atoms with Crippen LogP contribution in [0, 0.1) is 0 Å². The maximum absolute atomic E-state index is 13.1. The number of alkyl halides is 3. The van der Waals surface area contributed by atoms with Crippen LogP contribution >= 0.6 is 11.6 Å². The van der Waals surface area contributed by atoms with Crippen molar-refractivity contribution in [3.05, 3.63) is 94.5 Å². The van der Waals surface area contributed by atoms with Crippen LogP contribution in [0.2, 0.25) is 5.02 Å². The zero-order chi connectivity index (χ0) is 22.4. The van der Waals surface area contributed by atoms with Gasteiger partial charge in [0.2, 0.25) is 5.91 Å². The number of rotatable bonds is 7. The highest BCUT2D eigenvalue weighted by Crippen LogP contribution is 2.34. The fourth-order valence-electron chi connectivity index (χ4n) is 3.01. The summed E-state index contributed by atoms with van der Waals surface area (Å²) in [6.45, 7) is 0.334. The van der Waals surface area contributed by atoms with Crippen LogP contribution in [-0.2, 0) is 17.5 Å². The van der Waals surface area contributed by atoms with Crippen molar-refractivity contribution in [2.45, 2.75) is 18.8 Å². The molecule has 3 aromatic carbocycles. The smallest absolute Gasteiger partial charge is 0.416 e. The van der Waals surface area contributed by atoms with E-state index in [9.17, 15) is 18.0 Å². The summed E-state index contributed by atoms with van der Waals surface area (Å²) < 4.78 is 44.4. The third-order valence-electron chi connectivity index (χ3n) is 4.59. The SMILES string of the molecule is COc1cccc(CN[C@H](C(=O)Nc2cc(C(F)(F)F)ccc2Cl)c2ccccc2)c1. The van der Waals surface area contributed by atoms with Gasteiger partial charge in [-0.15, -0.1) is 0 Å². The molecule has 0 radical (unpaired) electrons. The molecule has 0 aromatic heterocycles. The lowest BCUT2D eigenvalue weighted by molar-refractivity contribution is -0.137. The first-order valence-electron chi connectivity index (χ1n) is 9.37. The lowest BCUT2D eigenvalue weighted by Crippen LogP contribution is -2.33. The van der Waals surface area contributed by atoms with Gasteiger partial charge in [0.15, 0.2) is 0 Å². The standard InChI is InChI=1S/C23H20ClF3N2O2/c1-31-18-9-5-6-15(12-18)14-28-21(16-7-3-2-4-8-16)22(30)29-20-13-17(23(25,26)27)10-11-19(20)24/h2-13,21,28H,14H2,1H3,(H,29,30)/t21-/m0/s1. The topological polar surface area (TPSA) is 50.4 Å².